The van der Waals surface area contributed by atoms with Crippen LogP contribution in [0.2, 0.25) is 0 Å². The van der Waals surface area contributed by atoms with Crippen LogP contribution >= 0.6 is 0 Å². The molecule has 2 aromatic carbocycles. The van der Waals surface area contributed by atoms with Gasteiger partial charge in [-0.3, -0.25) is 4.79 Å². The Morgan fingerprint density at radius 2 is 1.57 bits per heavy atom. The molecule has 0 fully saturated rings. The summed E-state index contributed by atoms with van der Waals surface area (Å²) in [5.41, 5.74) is -0.325. The molecule has 0 radical (unpaired) electrons. The van der Waals surface area contributed by atoms with Crippen LogP contribution in [0.3, 0.4) is 0 Å². The van der Waals surface area contributed by atoms with Crippen LogP contribution in [0.15, 0.2) is 75.0 Å². The van der Waals surface area contributed by atoms with Crippen LogP contribution in [0.25, 0.3) is 11.0 Å². The lowest BCUT2D eigenvalue weighted by molar-refractivity contribution is 0.479. The molecule has 0 unspecified atom stereocenters. The Morgan fingerprint density at radius 3 is 2.33 bits per heavy atom. The third kappa shape index (κ3) is 2.53. The first-order valence-corrected chi connectivity index (χ1v) is 7.49. The van der Waals surface area contributed by atoms with Gasteiger partial charge in [0.2, 0.25) is 5.43 Å². The largest absolute Gasteiger partial charge is 0.463 e. The molecule has 1 heterocycles. The Morgan fingerprint density at radius 1 is 0.905 bits per heavy atom. The summed E-state index contributed by atoms with van der Waals surface area (Å²) in [6.07, 6.45) is 0.906. The second kappa shape index (κ2) is 5.06. The first-order chi connectivity index (χ1) is 10.1. The number of fused-ring (bicyclic) bond motifs is 1. The molecule has 1 aromatic heterocycles. The van der Waals surface area contributed by atoms with Crippen molar-refractivity contribution in [3.8, 4) is 5.75 Å². The maximum Gasteiger partial charge on any atom is 0.346 e. The molecular formula is C15H10O5S. The summed E-state index contributed by atoms with van der Waals surface area (Å²) >= 11 is 0. The standard InChI is InChI=1S/C15H10O5S/c16-15-12-8-4-5-9-13(12)19-10-14(15)21(17,18)20-11-6-2-1-3-7-11/h1-10H. The number of para-hydroxylation sites is 2. The lowest BCUT2D eigenvalue weighted by Gasteiger charge is -2.06. The van der Waals surface area contributed by atoms with Crippen molar-refractivity contribution in [3.05, 3.63) is 71.1 Å². The Bertz CT molecular complexity index is 942. The molecule has 0 N–H and O–H groups in total. The average Bonchev–Trinajstić information content (AvgIpc) is 2.48. The zero-order chi connectivity index (χ0) is 14.9. The van der Waals surface area contributed by atoms with E-state index in [4.69, 9.17) is 8.60 Å². The predicted molar refractivity (Wildman–Crippen MR) is 76.7 cm³/mol. The third-order valence-corrected chi connectivity index (χ3v) is 4.10. The normalized spacial score (nSPS) is 11.4. The van der Waals surface area contributed by atoms with E-state index < -0.39 is 20.4 Å². The summed E-state index contributed by atoms with van der Waals surface area (Å²) in [7, 11) is -4.24. The van der Waals surface area contributed by atoms with E-state index >= 15 is 0 Å². The fourth-order valence-corrected chi connectivity index (χ4v) is 2.84. The molecule has 5 nitrogen and oxygen atoms in total. The summed E-state index contributed by atoms with van der Waals surface area (Å²) in [4.78, 5) is 11.7. The molecular weight excluding hydrogens is 292 g/mol. The van der Waals surface area contributed by atoms with E-state index in [2.05, 4.69) is 0 Å². The van der Waals surface area contributed by atoms with E-state index in [9.17, 15) is 13.2 Å². The lowest BCUT2D eigenvalue weighted by atomic mass is 10.2. The number of benzene rings is 2. The highest BCUT2D eigenvalue weighted by Crippen LogP contribution is 2.18. The van der Waals surface area contributed by atoms with Gasteiger partial charge in [-0.1, -0.05) is 30.3 Å². The van der Waals surface area contributed by atoms with Crippen LogP contribution < -0.4 is 9.61 Å². The number of hydrogen-bond acceptors (Lipinski definition) is 5. The summed E-state index contributed by atoms with van der Waals surface area (Å²) in [6, 6.07) is 14.4. The minimum absolute atomic E-state index is 0.130. The van der Waals surface area contributed by atoms with Crippen LogP contribution in [0, 0.1) is 0 Å². The van der Waals surface area contributed by atoms with Crippen LogP contribution in [0.4, 0.5) is 0 Å². The first-order valence-electron chi connectivity index (χ1n) is 6.08. The van der Waals surface area contributed by atoms with E-state index in [1.807, 2.05) is 0 Å². The summed E-state index contributed by atoms with van der Waals surface area (Å²) in [6.45, 7) is 0. The molecule has 0 saturated heterocycles. The van der Waals surface area contributed by atoms with Crippen LogP contribution in [-0.4, -0.2) is 8.42 Å². The zero-order valence-corrected chi connectivity index (χ0v) is 11.5. The molecule has 0 aliphatic heterocycles. The Labute approximate surface area is 120 Å². The molecule has 0 amide bonds. The number of rotatable bonds is 3. The molecule has 0 aliphatic rings. The molecule has 3 rings (SSSR count). The predicted octanol–water partition coefficient (Wildman–Crippen LogP) is 2.56. The van der Waals surface area contributed by atoms with Gasteiger partial charge in [0.1, 0.15) is 17.6 Å². The van der Waals surface area contributed by atoms with Gasteiger partial charge in [0.15, 0.2) is 4.90 Å². The fourth-order valence-electron chi connectivity index (χ4n) is 1.88. The van der Waals surface area contributed by atoms with Gasteiger partial charge in [-0.25, -0.2) is 0 Å². The van der Waals surface area contributed by atoms with E-state index in [1.165, 1.54) is 18.2 Å². The van der Waals surface area contributed by atoms with Crippen LogP contribution in [-0.2, 0) is 10.1 Å². The Hall–Kier alpha value is -2.60. The van der Waals surface area contributed by atoms with Crippen molar-refractivity contribution in [1.82, 2.24) is 0 Å². The lowest BCUT2D eigenvalue weighted by Crippen LogP contribution is -2.19. The van der Waals surface area contributed by atoms with E-state index in [1.54, 1.807) is 36.4 Å². The van der Waals surface area contributed by atoms with Gasteiger partial charge < -0.3 is 8.60 Å². The van der Waals surface area contributed by atoms with Crippen molar-refractivity contribution >= 4 is 21.1 Å². The maximum atomic E-state index is 12.2. The van der Waals surface area contributed by atoms with Crippen molar-refractivity contribution in [2.75, 3.05) is 0 Å². The topological polar surface area (TPSA) is 73.6 Å². The average molecular weight is 302 g/mol. The Kier molecular flexibility index (Phi) is 3.23. The molecule has 0 atom stereocenters. The summed E-state index contributed by atoms with van der Waals surface area (Å²) in [5, 5.41) is 0.190. The highest BCUT2D eigenvalue weighted by molar-refractivity contribution is 7.87. The van der Waals surface area contributed by atoms with Gasteiger partial charge in [-0.05, 0) is 24.3 Å². The van der Waals surface area contributed by atoms with Gasteiger partial charge in [-0.15, -0.1) is 0 Å². The fraction of sp³-hybridized carbons (Fsp3) is 0. The van der Waals surface area contributed by atoms with Gasteiger partial charge in [0.05, 0.1) is 5.39 Å². The van der Waals surface area contributed by atoms with Crippen molar-refractivity contribution in [2.24, 2.45) is 0 Å². The van der Waals surface area contributed by atoms with Gasteiger partial charge in [0.25, 0.3) is 0 Å². The van der Waals surface area contributed by atoms with Crippen molar-refractivity contribution in [2.45, 2.75) is 4.90 Å². The van der Waals surface area contributed by atoms with Crippen molar-refractivity contribution in [3.63, 3.8) is 0 Å². The van der Waals surface area contributed by atoms with E-state index in [-0.39, 0.29) is 11.1 Å². The second-order valence-electron chi connectivity index (χ2n) is 4.28. The minimum atomic E-state index is -4.24. The van der Waals surface area contributed by atoms with Crippen LogP contribution in [0.5, 0.6) is 5.75 Å². The Balaban J connectivity index is 2.11. The van der Waals surface area contributed by atoms with Crippen molar-refractivity contribution < 1.29 is 17.0 Å². The minimum Gasteiger partial charge on any atom is -0.463 e. The van der Waals surface area contributed by atoms with Crippen molar-refractivity contribution in [1.29, 1.82) is 0 Å². The van der Waals surface area contributed by atoms with E-state index in [0.717, 1.165) is 6.26 Å². The quantitative estimate of drug-likeness (QED) is 0.695. The number of hydrogen-bond donors (Lipinski definition) is 0. The van der Waals surface area contributed by atoms with Gasteiger partial charge in [-0.2, -0.15) is 8.42 Å². The molecule has 106 valence electrons. The molecule has 0 spiro atoms. The molecule has 0 bridgehead atoms. The maximum absolute atomic E-state index is 12.2. The SMILES string of the molecule is O=c1c(S(=O)(=O)Oc2ccccc2)coc2ccccc12. The van der Waals surface area contributed by atoms with Gasteiger partial charge in [0, 0.05) is 0 Å². The molecule has 0 aliphatic carbocycles. The summed E-state index contributed by atoms with van der Waals surface area (Å²) < 4.78 is 34.5. The highest BCUT2D eigenvalue weighted by Gasteiger charge is 2.23. The van der Waals surface area contributed by atoms with Crippen LogP contribution in [0.1, 0.15) is 0 Å². The molecule has 0 saturated carbocycles. The second-order valence-corrected chi connectivity index (χ2v) is 5.79. The van der Waals surface area contributed by atoms with Gasteiger partial charge >= 0.3 is 10.1 Å². The monoisotopic (exact) mass is 302 g/mol. The highest BCUT2D eigenvalue weighted by atomic mass is 32.2. The van der Waals surface area contributed by atoms with E-state index in [0.29, 0.717) is 5.58 Å². The molecule has 21 heavy (non-hydrogen) atoms. The molecule has 3 aromatic rings. The zero-order valence-electron chi connectivity index (χ0n) is 10.7. The summed E-state index contributed by atoms with van der Waals surface area (Å²) in [5.74, 6) is 0.130. The smallest absolute Gasteiger partial charge is 0.346 e. The molecule has 6 heteroatoms. The first kappa shape index (κ1) is 13.4. The third-order valence-electron chi connectivity index (χ3n) is 2.87.